The first kappa shape index (κ1) is 11.1. The fraction of sp³-hybridized carbons (Fsp3) is 0.900. The molecule has 0 bridgehead atoms. The molecule has 0 aromatic rings. The summed E-state index contributed by atoms with van der Waals surface area (Å²) < 4.78 is 5.67. The fourth-order valence-corrected chi connectivity index (χ4v) is 1.94. The number of ether oxygens (including phenoxy) is 1. The van der Waals surface area contributed by atoms with E-state index in [9.17, 15) is 4.79 Å². The molecule has 0 spiro atoms. The largest absolute Gasteiger partial charge is 0.378 e. The molecule has 0 N–H and O–H groups in total. The third-order valence-electron chi connectivity index (χ3n) is 2.34. The summed E-state index contributed by atoms with van der Waals surface area (Å²) in [5.41, 5.74) is 0. The molecule has 0 atom stereocenters. The van der Waals surface area contributed by atoms with E-state index in [1.165, 1.54) is 5.75 Å². The van der Waals surface area contributed by atoms with Crippen LogP contribution in [-0.2, 0) is 9.53 Å². The van der Waals surface area contributed by atoms with Crippen molar-refractivity contribution in [2.75, 3.05) is 18.6 Å². The summed E-state index contributed by atoms with van der Waals surface area (Å²) in [5.74, 6) is 1.58. The molecule has 0 radical (unpaired) electrons. The van der Waals surface area contributed by atoms with Crippen LogP contribution >= 0.6 is 11.8 Å². The lowest BCUT2D eigenvalue weighted by molar-refractivity contribution is -0.122. The maximum atomic E-state index is 10.9. The first-order chi connectivity index (χ1) is 6.33. The van der Waals surface area contributed by atoms with Crippen LogP contribution in [0.1, 0.15) is 32.1 Å². The second-order valence-electron chi connectivity index (χ2n) is 3.46. The van der Waals surface area contributed by atoms with E-state index in [-0.39, 0.29) is 0 Å². The van der Waals surface area contributed by atoms with Gasteiger partial charge in [-0.05, 0) is 31.3 Å². The Balaban J connectivity index is 1.99. The van der Waals surface area contributed by atoms with E-state index >= 15 is 0 Å². The highest BCUT2D eigenvalue weighted by atomic mass is 32.2. The van der Waals surface area contributed by atoms with Gasteiger partial charge in [-0.25, -0.2) is 0 Å². The standard InChI is InChI=1S/C10H18O2S/c1-13-8-2-7-12-10-5-3-9(11)4-6-10/h10H,2-8H2,1H3. The molecule has 0 heterocycles. The molecule has 0 saturated heterocycles. The number of Topliss-reactive ketones (excluding diaryl/α,β-unsaturated/α-hetero) is 1. The second kappa shape index (κ2) is 6.44. The zero-order valence-electron chi connectivity index (χ0n) is 8.25. The van der Waals surface area contributed by atoms with Crippen LogP contribution in [0.2, 0.25) is 0 Å². The lowest BCUT2D eigenvalue weighted by Gasteiger charge is -2.21. The van der Waals surface area contributed by atoms with Crippen molar-refractivity contribution in [2.45, 2.75) is 38.2 Å². The van der Waals surface area contributed by atoms with Crippen LogP contribution in [0.15, 0.2) is 0 Å². The third kappa shape index (κ3) is 4.67. The summed E-state index contributed by atoms with van der Waals surface area (Å²) in [7, 11) is 0. The van der Waals surface area contributed by atoms with E-state index in [2.05, 4.69) is 6.26 Å². The number of carbonyl (C=O) groups is 1. The molecule has 2 nitrogen and oxygen atoms in total. The predicted octanol–water partition coefficient (Wildman–Crippen LogP) is 2.27. The van der Waals surface area contributed by atoms with Crippen molar-refractivity contribution in [1.29, 1.82) is 0 Å². The van der Waals surface area contributed by atoms with Crippen LogP contribution < -0.4 is 0 Å². The average molecular weight is 202 g/mol. The van der Waals surface area contributed by atoms with Crippen LogP contribution in [0.3, 0.4) is 0 Å². The zero-order chi connectivity index (χ0) is 9.52. The maximum Gasteiger partial charge on any atom is 0.133 e. The minimum Gasteiger partial charge on any atom is -0.378 e. The van der Waals surface area contributed by atoms with Gasteiger partial charge in [0.1, 0.15) is 5.78 Å². The lowest BCUT2D eigenvalue weighted by atomic mass is 9.96. The van der Waals surface area contributed by atoms with Crippen molar-refractivity contribution in [3.63, 3.8) is 0 Å². The normalized spacial score (nSPS) is 19.3. The molecule has 0 aliphatic heterocycles. The summed E-state index contributed by atoms with van der Waals surface area (Å²) in [6.45, 7) is 0.861. The average Bonchev–Trinajstić information content (AvgIpc) is 2.15. The molecule has 1 aliphatic carbocycles. The quantitative estimate of drug-likeness (QED) is 0.640. The van der Waals surface area contributed by atoms with Gasteiger partial charge in [-0.2, -0.15) is 11.8 Å². The monoisotopic (exact) mass is 202 g/mol. The van der Waals surface area contributed by atoms with Crippen LogP contribution in [0, 0.1) is 0 Å². The Hall–Kier alpha value is -0.0200. The number of thioether (sulfide) groups is 1. The Labute approximate surface area is 84.4 Å². The van der Waals surface area contributed by atoms with Crippen molar-refractivity contribution in [1.82, 2.24) is 0 Å². The fourth-order valence-electron chi connectivity index (χ4n) is 1.53. The van der Waals surface area contributed by atoms with Crippen LogP contribution in [0.5, 0.6) is 0 Å². The first-order valence-electron chi connectivity index (χ1n) is 4.95. The highest BCUT2D eigenvalue weighted by molar-refractivity contribution is 7.98. The number of carbonyl (C=O) groups excluding carboxylic acids is 1. The van der Waals surface area contributed by atoms with E-state index in [1.807, 2.05) is 11.8 Å². The Morgan fingerprint density at radius 2 is 2.15 bits per heavy atom. The molecule has 1 fully saturated rings. The first-order valence-corrected chi connectivity index (χ1v) is 6.34. The minimum atomic E-state index is 0.361. The van der Waals surface area contributed by atoms with E-state index in [1.54, 1.807) is 0 Å². The van der Waals surface area contributed by atoms with Crippen LogP contribution in [0.4, 0.5) is 0 Å². The van der Waals surface area contributed by atoms with E-state index in [0.717, 1.165) is 38.7 Å². The molecule has 0 aromatic heterocycles. The molecule has 1 saturated carbocycles. The maximum absolute atomic E-state index is 10.9. The molecular weight excluding hydrogens is 184 g/mol. The van der Waals surface area contributed by atoms with Gasteiger partial charge in [-0.1, -0.05) is 0 Å². The van der Waals surface area contributed by atoms with Crippen LogP contribution in [-0.4, -0.2) is 30.5 Å². The Bertz CT molecular complexity index is 149. The van der Waals surface area contributed by atoms with Crippen molar-refractivity contribution < 1.29 is 9.53 Å². The van der Waals surface area contributed by atoms with Crippen molar-refractivity contribution in [3.8, 4) is 0 Å². The van der Waals surface area contributed by atoms with Gasteiger partial charge >= 0.3 is 0 Å². The highest BCUT2D eigenvalue weighted by Crippen LogP contribution is 2.18. The molecule has 13 heavy (non-hydrogen) atoms. The van der Waals surface area contributed by atoms with Gasteiger partial charge < -0.3 is 4.74 Å². The predicted molar refractivity (Wildman–Crippen MR) is 56.2 cm³/mol. The topological polar surface area (TPSA) is 26.3 Å². The molecule has 0 unspecified atom stereocenters. The van der Waals surface area contributed by atoms with E-state index in [4.69, 9.17) is 4.74 Å². The van der Waals surface area contributed by atoms with Gasteiger partial charge in [0, 0.05) is 19.4 Å². The van der Waals surface area contributed by atoms with Gasteiger partial charge in [0.15, 0.2) is 0 Å². The molecule has 0 aromatic carbocycles. The number of rotatable bonds is 5. The zero-order valence-corrected chi connectivity index (χ0v) is 9.07. The molecule has 3 heteroatoms. The second-order valence-corrected chi connectivity index (χ2v) is 4.44. The molecule has 76 valence electrons. The summed E-state index contributed by atoms with van der Waals surface area (Å²) in [5, 5.41) is 0. The number of hydrogen-bond donors (Lipinski definition) is 0. The molecule has 1 rings (SSSR count). The summed E-state index contributed by atoms with van der Waals surface area (Å²) in [6, 6.07) is 0. The molecular formula is C10H18O2S. The van der Waals surface area contributed by atoms with Gasteiger partial charge in [-0.15, -0.1) is 0 Å². The van der Waals surface area contributed by atoms with Gasteiger partial charge in [0.05, 0.1) is 6.10 Å². The van der Waals surface area contributed by atoms with Crippen LogP contribution in [0.25, 0.3) is 0 Å². The number of hydrogen-bond acceptors (Lipinski definition) is 3. The summed E-state index contributed by atoms with van der Waals surface area (Å²) >= 11 is 1.85. The van der Waals surface area contributed by atoms with E-state index < -0.39 is 0 Å². The SMILES string of the molecule is CSCCCOC1CCC(=O)CC1. The van der Waals surface area contributed by atoms with Crippen molar-refractivity contribution in [3.05, 3.63) is 0 Å². The van der Waals surface area contributed by atoms with Gasteiger partial charge in [-0.3, -0.25) is 4.79 Å². The third-order valence-corrected chi connectivity index (χ3v) is 3.03. The smallest absolute Gasteiger partial charge is 0.133 e. The molecule has 0 amide bonds. The highest BCUT2D eigenvalue weighted by Gasteiger charge is 2.18. The van der Waals surface area contributed by atoms with Gasteiger partial charge in [0.2, 0.25) is 0 Å². The number of ketones is 1. The summed E-state index contributed by atoms with van der Waals surface area (Å²) in [6.07, 6.45) is 6.95. The Morgan fingerprint density at radius 1 is 1.46 bits per heavy atom. The Morgan fingerprint density at radius 3 is 2.77 bits per heavy atom. The Kier molecular flexibility index (Phi) is 5.47. The summed E-state index contributed by atoms with van der Waals surface area (Å²) in [4.78, 5) is 10.9. The van der Waals surface area contributed by atoms with Crippen molar-refractivity contribution >= 4 is 17.5 Å². The lowest BCUT2D eigenvalue weighted by Crippen LogP contribution is -2.21. The van der Waals surface area contributed by atoms with E-state index in [0.29, 0.717) is 11.9 Å². The van der Waals surface area contributed by atoms with Crippen molar-refractivity contribution in [2.24, 2.45) is 0 Å². The molecule has 1 aliphatic rings. The van der Waals surface area contributed by atoms with Gasteiger partial charge in [0.25, 0.3) is 0 Å². The minimum absolute atomic E-state index is 0.361.